The number of benzene rings is 2. The average molecular weight is 561 g/mol. The number of anilines is 2. The summed E-state index contributed by atoms with van der Waals surface area (Å²) in [5, 5.41) is 0. The molecule has 1 aliphatic heterocycles. The highest BCUT2D eigenvalue weighted by Crippen LogP contribution is 2.27. The van der Waals surface area contributed by atoms with Crippen LogP contribution in [0.1, 0.15) is 20.8 Å². The predicted molar refractivity (Wildman–Crippen MR) is 150 cm³/mol. The molecule has 4 aromatic rings. The molecule has 206 valence electrons. The van der Waals surface area contributed by atoms with Gasteiger partial charge in [0.05, 0.1) is 34.0 Å². The largest absolute Gasteiger partial charge is 0.444 e. The standard InChI is InChI=1S/C28H28N6O5S/c1-28(2,3)39-27(36)33-11-12-34(26(35)18-33)25-17-30-23-10-9-19(14-24(23)31-25)20-13-21(16-29-15-20)32-40(37,38)22-7-5-4-6-8-22/h4-10,13-17,32H,11-12,18H2,1-3H3. The summed E-state index contributed by atoms with van der Waals surface area (Å²) in [6.45, 7) is 5.77. The maximum absolute atomic E-state index is 12.9. The zero-order valence-corrected chi connectivity index (χ0v) is 23.1. The van der Waals surface area contributed by atoms with E-state index in [9.17, 15) is 18.0 Å². The Morgan fingerprint density at radius 2 is 1.73 bits per heavy atom. The molecule has 0 atom stereocenters. The molecule has 2 amide bonds. The second-order valence-electron chi connectivity index (χ2n) is 10.3. The summed E-state index contributed by atoms with van der Waals surface area (Å²) in [6, 6.07) is 15.2. The van der Waals surface area contributed by atoms with Gasteiger partial charge < -0.3 is 4.74 Å². The van der Waals surface area contributed by atoms with Crippen molar-refractivity contribution < 1.29 is 22.7 Å². The molecule has 0 bridgehead atoms. The van der Waals surface area contributed by atoms with Crippen LogP contribution < -0.4 is 9.62 Å². The van der Waals surface area contributed by atoms with Crippen molar-refractivity contribution in [2.24, 2.45) is 0 Å². The van der Waals surface area contributed by atoms with Crippen LogP contribution in [0.2, 0.25) is 0 Å². The molecule has 0 radical (unpaired) electrons. The van der Waals surface area contributed by atoms with Crippen molar-refractivity contribution in [1.29, 1.82) is 0 Å². The van der Waals surface area contributed by atoms with Crippen LogP contribution in [-0.2, 0) is 19.6 Å². The van der Waals surface area contributed by atoms with Crippen molar-refractivity contribution in [3.05, 3.63) is 73.2 Å². The normalized spacial score (nSPS) is 14.3. The van der Waals surface area contributed by atoms with E-state index in [-0.39, 0.29) is 23.9 Å². The van der Waals surface area contributed by atoms with Crippen molar-refractivity contribution in [3.8, 4) is 11.1 Å². The number of fused-ring (bicyclic) bond motifs is 1. The first-order valence-electron chi connectivity index (χ1n) is 12.6. The Labute approximate surface area is 231 Å². The number of nitrogens with zero attached hydrogens (tertiary/aromatic N) is 5. The number of aromatic nitrogens is 3. The molecule has 2 aromatic heterocycles. The number of amides is 2. The van der Waals surface area contributed by atoms with Gasteiger partial charge in [0.1, 0.15) is 12.1 Å². The molecule has 0 spiro atoms. The van der Waals surface area contributed by atoms with Crippen molar-refractivity contribution >= 4 is 44.6 Å². The zero-order chi connectivity index (χ0) is 28.5. The van der Waals surface area contributed by atoms with Crippen molar-refractivity contribution in [2.45, 2.75) is 31.3 Å². The molecular weight excluding hydrogens is 532 g/mol. The fraction of sp³-hybridized carbons (Fsp3) is 0.250. The smallest absolute Gasteiger partial charge is 0.410 e. The summed E-state index contributed by atoms with van der Waals surface area (Å²) < 4.78 is 33.4. The SMILES string of the molecule is CC(C)(C)OC(=O)N1CCN(c2cnc3ccc(-c4cncc(NS(=O)(=O)c5ccccc5)c4)cc3n2)C(=O)C1. The molecule has 1 N–H and O–H groups in total. The van der Waals surface area contributed by atoms with Gasteiger partial charge >= 0.3 is 6.09 Å². The van der Waals surface area contributed by atoms with Gasteiger partial charge in [0.2, 0.25) is 5.91 Å². The van der Waals surface area contributed by atoms with Crippen LogP contribution >= 0.6 is 0 Å². The molecular formula is C28H28N6O5S. The van der Waals surface area contributed by atoms with E-state index in [0.717, 1.165) is 5.56 Å². The van der Waals surface area contributed by atoms with Crippen LogP contribution in [0.25, 0.3) is 22.2 Å². The number of ether oxygens (including phenoxy) is 1. The van der Waals surface area contributed by atoms with Crippen LogP contribution in [-0.4, -0.2) is 65.5 Å². The molecule has 0 aliphatic carbocycles. The van der Waals surface area contributed by atoms with Gasteiger partial charge in [-0.25, -0.2) is 18.2 Å². The number of hydrogen-bond donors (Lipinski definition) is 1. The number of carbonyl (C=O) groups is 2. The van der Waals surface area contributed by atoms with Crippen molar-refractivity contribution in [3.63, 3.8) is 0 Å². The molecule has 2 aromatic carbocycles. The Bertz CT molecular complexity index is 1690. The maximum atomic E-state index is 12.9. The molecule has 0 unspecified atom stereocenters. The van der Waals surface area contributed by atoms with E-state index in [1.807, 2.05) is 6.07 Å². The van der Waals surface area contributed by atoms with Crippen LogP contribution in [0.4, 0.5) is 16.3 Å². The number of pyridine rings is 1. The third-order valence-corrected chi connectivity index (χ3v) is 7.45. The van der Waals surface area contributed by atoms with Crippen LogP contribution in [0, 0.1) is 0 Å². The van der Waals surface area contributed by atoms with Crippen LogP contribution in [0.15, 0.2) is 78.1 Å². The fourth-order valence-electron chi connectivity index (χ4n) is 4.18. The number of piperazine rings is 1. The first-order chi connectivity index (χ1) is 19.0. The molecule has 11 nitrogen and oxygen atoms in total. The minimum Gasteiger partial charge on any atom is -0.444 e. The lowest BCUT2D eigenvalue weighted by Gasteiger charge is -2.34. The highest BCUT2D eigenvalue weighted by molar-refractivity contribution is 7.92. The summed E-state index contributed by atoms with van der Waals surface area (Å²) in [6.07, 6.45) is 4.06. The van der Waals surface area contributed by atoms with Gasteiger partial charge in [-0.05, 0) is 56.7 Å². The second kappa shape index (κ2) is 10.5. The minimum atomic E-state index is -3.77. The molecule has 5 rings (SSSR count). The van der Waals surface area contributed by atoms with Gasteiger partial charge in [-0.1, -0.05) is 24.3 Å². The van der Waals surface area contributed by atoms with E-state index in [2.05, 4.69) is 19.7 Å². The third-order valence-electron chi connectivity index (χ3n) is 6.06. The fourth-order valence-corrected chi connectivity index (χ4v) is 5.23. The topological polar surface area (TPSA) is 135 Å². The number of hydrogen-bond acceptors (Lipinski definition) is 8. The molecule has 12 heteroatoms. The number of carbonyl (C=O) groups excluding carboxylic acids is 2. The van der Waals surface area contributed by atoms with Gasteiger partial charge in [-0.3, -0.25) is 29.3 Å². The van der Waals surface area contributed by atoms with E-state index in [1.54, 1.807) is 63.4 Å². The van der Waals surface area contributed by atoms with Gasteiger partial charge in [0.25, 0.3) is 10.0 Å². The average Bonchev–Trinajstić information content (AvgIpc) is 2.92. The lowest BCUT2D eigenvalue weighted by atomic mass is 10.1. The summed E-state index contributed by atoms with van der Waals surface area (Å²) in [4.78, 5) is 41.6. The van der Waals surface area contributed by atoms with E-state index in [0.29, 0.717) is 34.6 Å². The Hall–Kier alpha value is -4.58. The summed E-state index contributed by atoms with van der Waals surface area (Å²) in [7, 11) is -3.77. The Balaban J connectivity index is 1.36. The van der Waals surface area contributed by atoms with Crippen molar-refractivity contribution in [1.82, 2.24) is 19.9 Å². The Morgan fingerprint density at radius 1 is 0.950 bits per heavy atom. The molecule has 40 heavy (non-hydrogen) atoms. The first kappa shape index (κ1) is 27.0. The minimum absolute atomic E-state index is 0.119. The highest BCUT2D eigenvalue weighted by Gasteiger charge is 2.31. The van der Waals surface area contributed by atoms with Gasteiger partial charge in [-0.15, -0.1) is 0 Å². The molecule has 0 saturated carbocycles. The summed E-state index contributed by atoms with van der Waals surface area (Å²) in [5.41, 5.74) is 2.25. The van der Waals surface area contributed by atoms with E-state index < -0.39 is 21.7 Å². The quantitative estimate of drug-likeness (QED) is 0.386. The Kier molecular flexibility index (Phi) is 7.11. The van der Waals surface area contributed by atoms with Crippen LogP contribution in [0.5, 0.6) is 0 Å². The lowest BCUT2D eigenvalue weighted by Crippen LogP contribution is -2.53. The Morgan fingerprint density at radius 3 is 2.45 bits per heavy atom. The van der Waals surface area contributed by atoms with Gasteiger partial charge in [0.15, 0.2) is 5.82 Å². The monoisotopic (exact) mass is 560 g/mol. The highest BCUT2D eigenvalue weighted by atomic mass is 32.2. The first-order valence-corrected chi connectivity index (χ1v) is 14.1. The van der Waals surface area contributed by atoms with Gasteiger partial charge in [0, 0.05) is 24.8 Å². The van der Waals surface area contributed by atoms with Gasteiger partial charge in [-0.2, -0.15) is 0 Å². The summed E-state index contributed by atoms with van der Waals surface area (Å²) in [5.74, 6) is 0.0884. The molecule has 3 heterocycles. The number of rotatable bonds is 5. The predicted octanol–water partition coefficient (Wildman–Crippen LogP) is 4.08. The zero-order valence-electron chi connectivity index (χ0n) is 22.2. The second-order valence-corrected chi connectivity index (χ2v) is 11.9. The molecule has 1 fully saturated rings. The van der Waals surface area contributed by atoms with Crippen LogP contribution in [0.3, 0.4) is 0 Å². The molecule has 1 aliphatic rings. The maximum Gasteiger partial charge on any atom is 0.410 e. The third kappa shape index (κ3) is 6.01. The van der Waals surface area contributed by atoms with E-state index in [4.69, 9.17) is 4.74 Å². The van der Waals surface area contributed by atoms with E-state index in [1.165, 1.54) is 34.3 Å². The lowest BCUT2D eigenvalue weighted by molar-refractivity contribution is -0.121. The number of sulfonamides is 1. The molecule has 1 saturated heterocycles. The van der Waals surface area contributed by atoms with E-state index >= 15 is 0 Å². The van der Waals surface area contributed by atoms with Crippen molar-refractivity contribution in [2.75, 3.05) is 29.3 Å². The summed E-state index contributed by atoms with van der Waals surface area (Å²) >= 11 is 0. The number of nitrogens with one attached hydrogen (secondary N) is 1.